The first-order valence-electron chi connectivity index (χ1n) is 6.45. The summed E-state index contributed by atoms with van der Waals surface area (Å²) in [4.78, 5) is 13.5. The Hall–Kier alpha value is -1.31. The average Bonchev–Trinajstić information content (AvgIpc) is 2.32. The zero-order chi connectivity index (χ0) is 12.3. The van der Waals surface area contributed by atoms with Gasteiger partial charge in [-0.3, -0.25) is 4.79 Å². The van der Waals surface area contributed by atoms with Crippen LogP contribution in [0.3, 0.4) is 0 Å². The van der Waals surface area contributed by atoms with Gasteiger partial charge < -0.3 is 4.90 Å². The minimum atomic E-state index is 0.444. The molecule has 1 aliphatic carbocycles. The maximum absolute atomic E-state index is 11.2. The van der Waals surface area contributed by atoms with Crippen molar-refractivity contribution in [2.75, 3.05) is 18.5 Å². The van der Waals surface area contributed by atoms with Gasteiger partial charge in [0.05, 0.1) is 0 Å². The number of benzene rings is 1. The number of nitrogens with zero attached hydrogens (tertiary/aromatic N) is 1. The molecule has 0 radical (unpaired) electrons. The van der Waals surface area contributed by atoms with E-state index in [1.165, 1.54) is 11.3 Å². The number of carbonyl (C=O) groups is 1. The molecule has 0 N–H and O–H groups in total. The molecule has 0 heterocycles. The predicted molar refractivity (Wildman–Crippen MR) is 71.4 cm³/mol. The lowest BCUT2D eigenvalue weighted by atomic mass is 9.88. The minimum absolute atomic E-state index is 0.444. The molecule has 1 aromatic rings. The second kappa shape index (κ2) is 5.35. The molecule has 2 rings (SSSR count). The number of rotatable bonds is 3. The lowest BCUT2D eigenvalue weighted by Gasteiger charge is -2.28. The summed E-state index contributed by atoms with van der Waals surface area (Å²) >= 11 is 0. The Bertz CT molecular complexity index is 390. The molecule has 17 heavy (non-hydrogen) atoms. The Labute approximate surface area is 104 Å². The predicted octanol–water partition coefficient (Wildman–Crippen LogP) is 3.19. The summed E-state index contributed by atoms with van der Waals surface area (Å²) in [5.74, 6) is 1.12. The fourth-order valence-corrected chi connectivity index (χ4v) is 2.66. The second-order valence-electron chi connectivity index (χ2n) is 5.15. The molecule has 0 aromatic heterocycles. The van der Waals surface area contributed by atoms with Crippen LogP contribution in [0.15, 0.2) is 24.3 Å². The highest BCUT2D eigenvalue weighted by atomic mass is 16.1. The fourth-order valence-electron chi connectivity index (χ4n) is 2.66. The van der Waals surface area contributed by atoms with Gasteiger partial charge in [0.25, 0.3) is 0 Å². The van der Waals surface area contributed by atoms with E-state index in [0.717, 1.165) is 32.2 Å². The molecule has 2 nitrogen and oxygen atoms in total. The van der Waals surface area contributed by atoms with Crippen LogP contribution in [0.25, 0.3) is 0 Å². The van der Waals surface area contributed by atoms with Crippen LogP contribution in [0.4, 0.5) is 5.69 Å². The van der Waals surface area contributed by atoms with Gasteiger partial charge in [0.1, 0.15) is 5.78 Å². The molecular formula is C15H21NO. The molecule has 0 aliphatic heterocycles. The zero-order valence-corrected chi connectivity index (χ0v) is 10.8. The highest BCUT2D eigenvalue weighted by Crippen LogP contribution is 2.25. The molecule has 1 fully saturated rings. The topological polar surface area (TPSA) is 20.3 Å². The van der Waals surface area contributed by atoms with Crippen LogP contribution < -0.4 is 4.90 Å². The SMILES string of the molecule is Cc1ccccc1N(C)CC1CCC(=O)CC1. The Morgan fingerprint density at radius 3 is 2.53 bits per heavy atom. The van der Waals surface area contributed by atoms with Gasteiger partial charge in [0.15, 0.2) is 0 Å². The average molecular weight is 231 g/mol. The van der Waals surface area contributed by atoms with Crippen LogP contribution in [0.5, 0.6) is 0 Å². The first-order chi connectivity index (χ1) is 8.16. The lowest BCUT2D eigenvalue weighted by molar-refractivity contribution is -0.120. The van der Waals surface area contributed by atoms with Crippen LogP contribution in [0.2, 0.25) is 0 Å². The standard InChI is InChI=1S/C15H21NO/c1-12-5-3-4-6-15(12)16(2)11-13-7-9-14(17)10-8-13/h3-6,13H,7-11H2,1-2H3. The van der Waals surface area contributed by atoms with E-state index in [0.29, 0.717) is 11.7 Å². The van der Waals surface area contributed by atoms with E-state index >= 15 is 0 Å². The Morgan fingerprint density at radius 1 is 1.24 bits per heavy atom. The number of hydrogen-bond acceptors (Lipinski definition) is 2. The van der Waals surface area contributed by atoms with Crippen molar-refractivity contribution in [3.8, 4) is 0 Å². The van der Waals surface area contributed by atoms with E-state index in [1.54, 1.807) is 0 Å². The van der Waals surface area contributed by atoms with E-state index in [1.807, 2.05) is 0 Å². The number of para-hydroxylation sites is 1. The lowest BCUT2D eigenvalue weighted by Crippen LogP contribution is -2.28. The van der Waals surface area contributed by atoms with E-state index in [2.05, 4.69) is 43.1 Å². The quantitative estimate of drug-likeness (QED) is 0.796. The maximum atomic E-state index is 11.2. The second-order valence-corrected chi connectivity index (χ2v) is 5.15. The molecule has 0 amide bonds. The number of ketones is 1. The minimum Gasteiger partial charge on any atom is -0.374 e. The molecule has 92 valence electrons. The summed E-state index contributed by atoms with van der Waals surface area (Å²) in [5, 5.41) is 0. The van der Waals surface area contributed by atoms with Gasteiger partial charge >= 0.3 is 0 Å². The molecule has 1 saturated carbocycles. The van der Waals surface area contributed by atoms with Crippen LogP contribution in [-0.2, 0) is 4.79 Å². The van der Waals surface area contributed by atoms with Crippen LogP contribution in [0, 0.1) is 12.8 Å². The number of anilines is 1. The molecule has 0 spiro atoms. The zero-order valence-electron chi connectivity index (χ0n) is 10.8. The highest BCUT2D eigenvalue weighted by Gasteiger charge is 2.20. The van der Waals surface area contributed by atoms with Gasteiger partial charge in [-0.1, -0.05) is 18.2 Å². The van der Waals surface area contributed by atoms with Crippen LogP contribution in [0.1, 0.15) is 31.2 Å². The van der Waals surface area contributed by atoms with Crippen molar-refractivity contribution in [2.45, 2.75) is 32.6 Å². The summed E-state index contributed by atoms with van der Waals surface area (Å²) in [6.07, 6.45) is 3.70. The van der Waals surface area contributed by atoms with E-state index in [9.17, 15) is 4.79 Å². The summed E-state index contributed by atoms with van der Waals surface area (Å²) in [7, 11) is 2.15. The van der Waals surface area contributed by atoms with Crippen molar-refractivity contribution in [3.63, 3.8) is 0 Å². The van der Waals surface area contributed by atoms with Gasteiger partial charge in [-0.2, -0.15) is 0 Å². The Kier molecular flexibility index (Phi) is 3.82. The van der Waals surface area contributed by atoms with E-state index in [-0.39, 0.29) is 0 Å². The highest BCUT2D eigenvalue weighted by molar-refractivity contribution is 5.79. The number of hydrogen-bond donors (Lipinski definition) is 0. The van der Waals surface area contributed by atoms with Crippen LogP contribution >= 0.6 is 0 Å². The summed E-state index contributed by atoms with van der Waals surface area (Å²) in [6.45, 7) is 3.22. The third-order valence-corrected chi connectivity index (χ3v) is 3.72. The Balaban J connectivity index is 1.95. The van der Waals surface area contributed by atoms with Gasteiger partial charge in [-0.25, -0.2) is 0 Å². The molecule has 1 aromatic carbocycles. The molecule has 0 unspecified atom stereocenters. The first kappa shape index (κ1) is 12.2. The third kappa shape index (κ3) is 3.09. The maximum Gasteiger partial charge on any atom is 0.132 e. The molecule has 2 heteroatoms. The van der Waals surface area contributed by atoms with Crippen molar-refractivity contribution in [2.24, 2.45) is 5.92 Å². The fraction of sp³-hybridized carbons (Fsp3) is 0.533. The number of carbonyl (C=O) groups excluding carboxylic acids is 1. The van der Waals surface area contributed by atoms with Gasteiger partial charge in [0.2, 0.25) is 0 Å². The molecule has 1 aliphatic rings. The number of Topliss-reactive ketones (excluding diaryl/α,β-unsaturated/α-hetero) is 1. The van der Waals surface area contributed by atoms with Gasteiger partial charge in [-0.15, -0.1) is 0 Å². The molecule has 0 saturated heterocycles. The van der Waals surface area contributed by atoms with Crippen molar-refractivity contribution >= 4 is 11.5 Å². The van der Waals surface area contributed by atoms with Gasteiger partial charge in [-0.05, 0) is 37.3 Å². The number of aryl methyl sites for hydroxylation is 1. The summed E-state index contributed by atoms with van der Waals surface area (Å²) < 4.78 is 0. The van der Waals surface area contributed by atoms with Crippen LogP contribution in [-0.4, -0.2) is 19.4 Å². The summed E-state index contributed by atoms with van der Waals surface area (Å²) in [5.41, 5.74) is 2.63. The largest absolute Gasteiger partial charge is 0.374 e. The smallest absolute Gasteiger partial charge is 0.132 e. The van der Waals surface area contributed by atoms with Crippen molar-refractivity contribution < 1.29 is 4.79 Å². The third-order valence-electron chi connectivity index (χ3n) is 3.72. The van der Waals surface area contributed by atoms with Gasteiger partial charge in [0, 0.05) is 32.1 Å². The molecule has 0 atom stereocenters. The molecular weight excluding hydrogens is 210 g/mol. The van der Waals surface area contributed by atoms with E-state index < -0.39 is 0 Å². The van der Waals surface area contributed by atoms with Crippen molar-refractivity contribution in [3.05, 3.63) is 29.8 Å². The molecule has 0 bridgehead atoms. The Morgan fingerprint density at radius 2 is 1.88 bits per heavy atom. The summed E-state index contributed by atoms with van der Waals surface area (Å²) in [6, 6.07) is 8.48. The van der Waals surface area contributed by atoms with E-state index in [4.69, 9.17) is 0 Å². The monoisotopic (exact) mass is 231 g/mol. The van der Waals surface area contributed by atoms with Crippen molar-refractivity contribution in [1.82, 2.24) is 0 Å². The normalized spacial score (nSPS) is 17.2. The van der Waals surface area contributed by atoms with Crippen molar-refractivity contribution in [1.29, 1.82) is 0 Å². The first-order valence-corrected chi connectivity index (χ1v) is 6.45.